The van der Waals surface area contributed by atoms with Gasteiger partial charge in [0.25, 0.3) is 5.91 Å². The standard InChI is InChI=1S/C22H26N4O2S/c1-3-26-21(28)19(23(2)22(26)29)13-16-14-25(18-10-6-5-9-17(16)18)15-20(27)24-11-7-4-8-12-24/h5-6,9-10,13-14H,3-4,7-8,11-12,15H2,1-2H3/b19-13-. The van der Waals surface area contributed by atoms with Crippen molar-refractivity contribution in [3.8, 4) is 0 Å². The van der Waals surface area contributed by atoms with Gasteiger partial charge in [0.15, 0.2) is 5.11 Å². The summed E-state index contributed by atoms with van der Waals surface area (Å²) in [5.74, 6) is 0.0678. The van der Waals surface area contributed by atoms with Gasteiger partial charge in [-0.05, 0) is 50.5 Å². The number of thiocarbonyl (C=S) groups is 1. The molecular formula is C22H26N4O2S. The molecule has 2 aromatic rings. The molecule has 6 nitrogen and oxygen atoms in total. The maximum atomic E-state index is 12.8. The van der Waals surface area contributed by atoms with Gasteiger partial charge in [-0.3, -0.25) is 14.5 Å². The predicted octanol–water partition coefficient (Wildman–Crippen LogP) is 3.07. The number of rotatable bonds is 4. The summed E-state index contributed by atoms with van der Waals surface area (Å²) in [5.41, 5.74) is 2.47. The fraction of sp³-hybridized carbons (Fsp3) is 0.409. The Hall–Kier alpha value is -2.67. The Morgan fingerprint density at radius 2 is 1.90 bits per heavy atom. The van der Waals surface area contributed by atoms with E-state index < -0.39 is 0 Å². The van der Waals surface area contributed by atoms with E-state index in [4.69, 9.17) is 12.2 Å². The maximum absolute atomic E-state index is 12.8. The van der Waals surface area contributed by atoms with Gasteiger partial charge in [0.1, 0.15) is 12.2 Å². The highest BCUT2D eigenvalue weighted by Gasteiger charge is 2.34. The first-order chi connectivity index (χ1) is 14.0. The number of hydrogen-bond acceptors (Lipinski definition) is 3. The summed E-state index contributed by atoms with van der Waals surface area (Å²) in [4.78, 5) is 30.9. The molecule has 7 heteroatoms. The number of benzene rings is 1. The van der Waals surface area contributed by atoms with E-state index >= 15 is 0 Å². The van der Waals surface area contributed by atoms with Crippen LogP contribution >= 0.6 is 12.2 Å². The summed E-state index contributed by atoms with van der Waals surface area (Å²) in [6, 6.07) is 8.00. The van der Waals surface area contributed by atoms with Gasteiger partial charge in [0.2, 0.25) is 5.91 Å². The van der Waals surface area contributed by atoms with E-state index in [2.05, 4.69) is 0 Å². The van der Waals surface area contributed by atoms with Crippen LogP contribution < -0.4 is 0 Å². The molecule has 0 bridgehead atoms. The fourth-order valence-corrected chi connectivity index (χ4v) is 4.46. The number of aromatic nitrogens is 1. The first-order valence-electron chi connectivity index (χ1n) is 10.2. The Bertz CT molecular complexity index is 1000. The van der Waals surface area contributed by atoms with Gasteiger partial charge in [-0.15, -0.1) is 0 Å². The third kappa shape index (κ3) is 3.55. The van der Waals surface area contributed by atoms with Crippen molar-refractivity contribution in [1.29, 1.82) is 0 Å². The predicted molar refractivity (Wildman–Crippen MR) is 118 cm³/mol. The number of likely N-dealkylation sites (N-methyl/N-ethyl adjacent to an activating group) is 2. The number of piperidine rings is 1. The number of fused-ring (bicyclic) bond motifs is 1. The van der Waals surface area contributed by atoms with Gasteiger partial charge in [-0.2, -0.15) is 0 Å². The van der Waals surface area contributed by atoms with Crippen LogP contribution in [0.1, 0.15) is 31.7 Å². The number of carbonyl (C=O) groups excluding carboxylic acids is 2. The van der Waals surface area contributed by atoms with Crippen molar-refractivity contribution in [2.45, 2.75) is 32.7 Å². The molecule has 2 saturated heterocycles. The van der Waals surface area contributed by atoms with Gasteiger partial charge in [0.05, 0.1) is 0 Å². The zero-order chi connectivity index (χ0) is 20.5. The number of amides is 2. The van der Waals surface area contributed by atoms with Gasteiger partial charge in [0, 0.05) is 49.3 Å². The zero-order valence-corrected chi connectivity index (χ0v) is 17.7. The second-order valence-corrected chi connectivity index (χ2v) is 7.96. The minimum absolute atomic E-state index is 0.0822. The third-order valence-electron chi connectivity index (χ3n) is 5.79. The molecule has 0 atom stereocenters. The molecule has 0 radical (unpaired) electrons. The monoisotopic (exact) mass is 410 g/mol. The van der Waals surface area contributed by atoms with Crippen LogP contribution in [0.25, 0.3) is 17.0 Å². The van der Waals surface area contributed by atoms with E-state index in [1.54, 1.807) is 9.80 Å². The fourth-order valence-electron chi connectivity index (χ4n) is 4.15. The molecule has 0 N–H and O–H groups in total. The van der Waals surface area contributed by atoms with Gasteiger partial charge in [-0.1, -0.05) is 18.2 Å². The molecule has 1 aromatic carbocycles. The molecule has 1 aromatic heterocycles. The molecule has 152 valence electrons. The van der Waals surface area contributed by atoms with Crippen LogP contribution in [0.4, 0.5) is 0 Å². The maximum Gasteiger partial charge on any atom is 0.276 e. The second-order valence-electron chi connectivity index (χ2n) is 7.59. The highest BCUT2D eigenvalue weighted by Crippen LogP contribution is 2.27. The van der Waals surface area contributed by atoms with E-state index in [1.165, 1.54) is 6.42 Å². The van der Waals surface area contributed by atoms with Crippen LogP contribution in [0.5, 0.6) is 0 Å². The van der Waals surface area contributed by atoms with Crippen LogP contribution in [0.15, 0.2) is 36.2 Å². The van der Waals surface area contributed by atoms with E-state index in [0.29, 0.717) is 23.9 Å². The molecule has 29 heavy (non-hydrogen) atoms. The Morgan fingerprint density at radius 1 is 1.17 bits per heavy atom. The number of hydrogen-bond donors (Lipinski definition) is 0. The summed E-state index contributed by atoms with van der Waals surface area (Å²) in [5, 5.41) is 1.54. The lowest BCUT2D eigenvalue weighted by Crippen LogP contribution is -2.37. The molecular weight excluding hydrogens is 384 g/mol. The van der Waals surface area contributed by atoms with Crippen molar-refractivity contribution in [2.24, 2.45) is 0 Å². The lowest BCUT2D eigenvalue weighted by Gasteiger charge is -2.27. The van der Waals surface area contributed by atoms with Crippen LogP contribution in [-0.4, -0.2) is 62.9 Å². The zero-order valence-electron chi connectivity index (χ0n) is 16.9. The van der Waals surface area contributed by atoms with Crippen molar-refractivity contribution in [3.63, 3.8) is 0 Å². The number of nitrogens with zero attached hydrogens (tertiary/aromatic N) is 4. The van der Waals surface area contributed by atoms with Gasteiger partial charge in [-0.25, -0.2) is 0 Å². The molecule has 2 aliphatic heterocycles. The molecule has 4 rings (SSSR count). The Morgan fingerprint density at radius 3 is 2.59 bits per heavy atom. The second kappa shape index (κ2) is 7.99. The Kier molecular flexibility index (Phi) is 5.41. The van der Waals surface area contributed by atoms with Crippen molar-refractivity contribution in [3.05, 3.63) is 41.7 Å². The molecule has 0 spiro atoms. The summed E-state index contributed by atoms with van der Waals surface area (Å²) in [7, 11) is 1.82. The van der Waals surface area contributed by atoms with Crippen molar-refractivity contribution < 1.29 is 9.59 Å². The SMILES string of the molecule is CCN1C(=O)/C(=C/c2cn(CC(=O)N3CCCCC3)c3ccccc23)N(C)C1=S. The summed E-state index contributed by atoms with van der Waals surface area (Å²) in [6.07, 6.45) is 7.22. The number of para-hydroxylation sites is 1. The first-order valence-corrected chi connectivity index (χ1v) is 10.6. The number of carbonyl (C=O) groups is 2. The van der Waals surface area contributed by atoms with Crippen LogP contribution in [0.3, 0.4) is 0 Å². The van der Waals surface area contributed by atoms with E-state index in [9.17, 15) is 9.59 Å². The third-order valence-corrected chi connectivity index (χ3v) is 6.28. The van der Waals surface area contributed by atoms with E-state index in [-0.39, 0.29) is 11.8 Å². The minimum atomic E-state index is -0.0822. The molecule has 2 fully saturated rings. The van der Waals surface area contributed by atoms with Crippen molar-refractivity contribution in [1.82, 2.24) is 19.3 Å². The highest BCUT2D eigenvalue weighted by molar-refractivity contribution is 7.80. The summed E-state index contributed by atoms with van der Waals surface area (Å²) in [6.45, 7) is 4.47. The van der Waals surface area contributed by atoms with E-state index in [1.807, 2.05) is 60.0 Å². The van der Waals surface area contributed by atoms with Crippen molar-refractivity contribution >= 4 is 46.1 Å². The topological polar surface area (TPSA) is 48.8 Å². The lowest BCUT2D eigenvalue weighted by molar-refractivity contribution is -0.132. The number of likely N-dealkylation sites (tertiary alicyclic amines) is 1. The van der Waals surface area contributed by atoms with Crippen molar-refractivity contribution in [2.75, 3.05) is 26.7 Å². The van der Waals surface area contributed by atoms with Crippen LogP contribution in [-0.2, 0) is 16.1 Å². The highest BCUT2D eigenvalue weighted by atomic mass is 32.1. The molecule has 2 aliphatic rings. The molecule has 0 aliphatic carbocycles. The Labute approximate surface area is 176 Å². The first kappa shape index (κ1) is 19.6. The average molecular weight is 411 g/mol. The summed E-state index contributed by atoms with van der Waals surface area (Å²) >= 11 is 5.40. The largest absolute Gasteiger partial charge is 0.341 e. The molecule has 0 saturated carbocycles. The lowest BCUT2D eigenvalue weighted by atomic mass is 10.1. The molecule has 3 heterocycles. The smallest absolute Gasteiger partial charge is 0.276 e. The summed E-state index contributed by atoms with van der Waals surface area (Å²) < 4.78 is 1.99. The average Bonchev–Trinajstić information content (AvgIpc) is 3.19. The van der Waals surface area contributed by atoms with E-state index in [0.717, 1.165) is 42.4 Å². The quantitative estimate of drug-likeness (QED) is 0.574. The minimum Gasteiger partial charge on any atom is -0.341 e. The Balaban J connectivity index is 1.69. The molecule has 2 amide bonds. The molecule has 0 unspecified atom stereocenters. The van der Waals surface area contributed by atoms with Gasteiger partial charge < -0.3 is 14.4 Å². The van der Waals surface area contributed by atoms with Gasteiger partial charge >= 0.3 is 0 Å². The van der Waals surface area contributed by atoms with Crippen LogP contribution in [0, 0.1) is 0 Å². The van der Waals surface area contributed by atoms with Crippen LogP contribution in [0.2, 0.25) is 0 Å². The normalized spacial score (nSPS) is 19.1.